The van der Waals surface area contributed by atoms with Gasteiger partial charge in [-0.25, -0.2) is 19.2 Å². The average molecular weight is 392 g/mol. The normalized spacial score (nSPS) is 13.3. The van der Waals surface area contributed by atoms with E-state index in [-0.39, 0.29) is 23.0 Å². The summed E-state index contributed by atoms with van der Waals surface area (Å²) in [4.78, 5) is 34.4. The topological polar surface area (TPSA) is 126 Å². The van der Waals surface area contributed by atoms with Gasteiger partial charge in [0.05, 0.1) is 17.8 Å². The molecule has 9 nitrogen and oxygen atoms in total. The van der Waals surface area contributed by atoms with E-state index >= 15 is 0 Å². The molecule has 3 aromatic heterocycles. The van der Waals surface area contributed by atoms with Crippen molar-refractivity contribution in [3.8, 4) is 22.8 Å². The van der Waals surface area contributed by atoms with Gasteiger partial charge >= 0.3 is 5.97 Å². The summed E-state index contributed by atoms with van der Waals surface area (Å²) in [6, 6.07) is 7.33. The van der Waals surface area contributed by atoms with Crippen LogP contribution < -0.4 is 5.32 Å². The molecule has 0 spiro atoms. The lowest BCUT2D eigenvalue weighted by Gasteiger charge is -2.13. The van der Waals surface area contributed by atoms with Crippen molar-refractivity contribution in [3.05, 3.63) is 53.7 Å². The van der Waals surface area contributed by atoms with Crippen molar-refractivity contribution in [2.24, 2.45) is 0 Å². The number of aromatic amines is 1. The summed E-state index contributed by atoms with van der Waals surface area (Å²) in [6.45, 7) is 1.06. The quantitative estimate of drug-likeness (QED) is 0.490. The van der Waals surface area contributed by atoms with Crippen molar-refractivity contribution in [3.63, 3.8) is 0 Å². The Bertz CT molecular complexity index is 1310. The number of halogens is 1. The Morgan fingerprint density at radius 2 is 2.07 bits per heavy atom. The first-order valence-corrected chi connectivity index (χ1v) is 8.75. The molecule has 1 aliphatic rings. The first-order valence-electron chi connectivity index (χ1n) is 8.75. The van der Waals surface area contributed by atoms with Crippen LogP contribution in [0.1, 0.15) is 21.0 Å². The number of fused-ring (bicyclic) bond motifs is 2. The SMILES string of the molecule is O=C(O)c1cc2cc(F)c(-c3nccc(-c4cc5n(n4)CCNC5=O)n3)cc2[nH]1. The molecule has 1 aliphatic heterocycles. The Hall–Kier alpha value is -4.08. The van der Waals surface area contributed by atoms with Gasteiger partial charge in [0.2, 0.25) is 0 Å². The first-order chi connectivity index (χ1) is 14.0. The third-order valence-electron chi connectivity index (χ3n) is 4.72. The highest BCUT2D eigenvalue weighted by Crippen LogP contribution is 2.27. The standard InChI is InChI=1S/C19H13FN6O3/c20-11-5-9-6-15(19(28)29)23-13(9)7-10(11)17-21-2-1-12(24-17)14-8-16-18(27)22-3-4-26(16)25-14/h1-2,5-8,23H,3-4H2,(H,22,27)(H,28,29). The summed E-state index contributed by atoms with van der Waals surface area (Å²) in [7, 11) is 0. The van der Waals surface area contributed by atoms with Crippen LogP contribution in [0.15, 0.2) is 36.5 Å². The highest BCUT2D eigenvalue weighted by atomic mass is 19.1. The van der Waals surface area contributed by atoms with Crippen LogP contribution in [-0.2, 0) is 6.54 Å². The second-order valence-corrected chi connectivity index (χ2v) is 6.57. The van der Waals surface area contributed by atoms with Crippen LogP contribution in [0.5, 0.6) is 0 Å². The molecule has 144 valence electrons. The fraction of sp³-hybridized carbons (Fsp3) is 0.105. The molecule has 0 radical (unpaired) electrons. The summed E-state index contributed by atoms with van der Waals surface area (Å²) < 4.78 is 16.3. The Kier molecular flexibility index (Phi) is 3.66. The number of rotatable bonds is 3. The van der Waals surface area contributed by atoms with E-state index in [1.54, 1.807) is 16.8 Å². The number of benzene rings is 1. The number of carboxylic acid groups (broad SMARTS) is 1. The zero-order valence-corrected chi connectivity index (χ0v) is 14.8. The lowest BCUT2D eigenvalue weighted by atomic mass is 10.1. The molecule has 29 heavy (non-hydrogen) atoms. The monoisotopic (exact) mass is 392 g/mol. The lowest BCUT2D eigenvalue weighted by Crippen LogP contribution is -2.35. The van der Waals surface area contributed by atoms with Gasteiger partial charge in [0.15, 0.2) is 5.82 Å². The van der Waals surface area contributed by atoms with Crippen LogP contribution in [0.4, 0.5) is 4.39 Å². The molecule has 4 aromatic rings. The van der Waals surface area contributed by atoms with E-state index in [1.807, 2.05) is 0 Å². The highest BCUT2D eigenvalue weighted by Gasteiger charge is 2.21. The fourth-order valence-electron chi connectivity index (χ4n) is 3.33. The number of nitrogens with one attached hydrogen (secondary N) is 2. The third kappa shape index (κ3) is 2.81. The van der Waals surface area contributed by atoms with Crippen molar-refractivity contribution in [1.29, 1.82) is 0 Å². The zero-order chi connectivity index (χ0) is 20.1. The van der Waals surface area contributed by atoms with Gasteiger partial charge in [-0.2, -0.15) is 5.10 Å². The van der Waals surface area contributed by atoms with E-state index in [2.05, 4.69) is 25.4 Å². The predicted octanol–water partition coefficient (Wildman–Crippen LogP) is 2.07. The molecule has 4 heterocycles. The number of hydrogen-bond acceptors (Lipinski definition) is 5. The van der Waals surface area contributed by atoms with Crippen molar-refractivity contribution in [2.45, 2.75) is 6.54 Å². The molecule has 5 rings (SSSR count). The summed E-state index contributed by atoms with van der Waals surface area (Å²) in [6.07, 6.45) is 1.48. The van der Waals surface area contributed by atoms with Crippen LogP contribution >= 0.6 is 0 Å². The van der Waals surface area contributed by atoms with Gasteiger partial charge in [-0.1, -0.05) is 0 Å². The Balaban J connectivity index is 1.59. The van der Waals surface area contributed by atoms with Crippen LogP contribution in [0.25, 0.3) is 33.7 Å². The molecule has 0 saturated carbocycles. The zero-order valence-electron chi connectivity index (χ0n) is 14.8. The summed E-state index contributed by atoms with van der Waals surface area (Å²) in [5.41, 5.74) is 1.92. The molecule has 1 amide bonds. The number of carbonyl (C=O) groups excluding carboxylic acids is 1. The molecular formula is C19H13FN6O3. The number of aromatic nitrogens is 5. The number of aromatic carboxylic acids is 1. The molecule has 1 aromatic carbocycles. The smallest absolute Gasteiger partial charge is 0.352 e. The maximum absolute atomic E-state index is 14.7. The molecule has 0 unspecified atom stereocenters. The van der Waals surface area contributed by atoms with Crippen LogP contribution in [0.2, 0.25) is 0 Å². The summed E-state index contributed by atoms with van der Waals surface area (Å²) in [5.74, 6) is -1.78. The van der Waals surface area contributed by atoms with Gasteiger partial charge in [0.1, 0.15) is 22.9 Å². The molecule has 0 fully saturated rings. The minimum atomic E-state index is -1.13. The fourth-order valence-corrected chi connectivity index (χ4v) is 3.33. The lowest BCUT2D eigenvalue weighted by molar-refractivity contribution is 0.0691. The second kappa shape index (κ2) is 6.23. The number of hydrogen-bond donors (Lipinski definition) is 3. The average Bonchev–Trinajstić information content (AvgIpc) is 3.32. The third-order valence-corrected chi connectivity index (χ3v) is 4.72. The van der Waals surface area contributed by atoms with E-state index in [0.717, 1.165) is 0 Å². The molecular weight excluding hydrogens is 379 g/mol. The van der Waals surface area contributed by atoms with E-state index < -0.39 is 11.8 Å². The maximum atomic E-state index is 14.7. The van der Waals surface area contributed by atoms with Gasteiger partial charge < -0.3 is 15.4 Å². The molecule has 3 N–H and O–H groups in total. The van der Waals surface area contributed by atoms with E-state index in [9.17, 15) is 14.0 Å². The van der Waals surface area contributed by atoms with Crippen molar-refractivity contribution in [2.75, 3.05) is 6.54 Å². The number of carbonyl (C=O) groups is 2. The van der Waals surface area contributed by atoms with E-state index in [0.29, 0.717) is 41.1 Å². The number of carboxylic acids is 1. The van der Waals surface area contributed by atoms with Crippen LogP contribution in [0.3, 0.4) is 0 Å². The van der Waals surface area contributed by atoms with Crippen molar-refractivity contribution < 1.29 is 19.1 Å². The maximum Gasteiger partial charge on any atom is 0.352 e. The highest BCUT2D eigenvalue weighted by molar-refractivity contribution is 5.95. The Morgan fingerprint density at radius 3 is 2.86 bits per heavy atom. The molecule has 0 aliphatic carbocycles. The van der Waals surface area contributed by atoms with E-state index in [1.165, 1.54) is 24.4 Å². The van der Waals surface area contributed by atoms with Gasteiger partial charge in [-0.05, 0) is 30.3 Å². The van der Waals surface area contributed by atoms with Gasteiger partial charge in [0, 0.05) is 23.6 Å². The van der Waals surface area contributed by atoms with Crippen molar-refractivity contribution >= 4 is 22.8 Å². The number of amides is 1. The first kappa shape index (κ1) is 17.0. The van der Waals surface area contributed by atoms with Crippen LogP contribution in [0, 0.1) is 5.82 Å². The minimum Gasteiger partial charge on any atom is -0.477 e. The Morgan fingerprint density at radius 1 is 1.21 bits per heavy atom. The molecule has 10 heteroatoms. The van der Waals surface area contributed by atoms with Gasteiger partial charge in [-0.3, -0.25) is 9.48 Å². The molecule has 0 atom stereocenters. The predicted molar refractivity (Wildman–Crippen MR) is 99.8 cm³/mol. The van der Waals surface area contributed by atoms with E-state index in [4.69, 9.17) is 5.11 Å². The largest absolute Gasteiger partial charge is 0.477 e. The summed E-state index contributed by atoms with van der Waals surface area (Å²) >= 11 is 0. The minimum absolute atomic E-state index is 0.0342. The van der Waals surface area contributed by atoms with Gasteiger partial charge in [-0.15, -0.1) is 0 Å². The van der Waals surface area contributed by atoms with Crippen molar-refractivity contribution in [1.82, 2.24) is 30.0 Å². The summed E-state index contributed by atoms with van der Waals surface area (Å²) in [5, 5.41) is 16.7. The molecule has 0 saturated heterocycles. The van der Waals surface area contributed by atoms with Crippen LogP contribution in [-0.4, -0.2) is 48.3 Å². The van der Waals surface area contributed by atoms with Gasteiger partial charge in [0.25, 0.3) is 5.91 Å². The number of nitrogens with zero attached hydrogens (tertiary/aromatic N) is 4. The second-order valence-electron chi connectivity index (χ2n) is 6.57. The number of H-pyrrole nitrogens is 1. The Labute approximate surface area is 162 Å². The molecule has 0 bridgehead atoms.